The molecule has 1 saturated carbocycles. The van der Waals surface area contributed by atoms with Gasteiger partial charge in [0, 0.05) is 24.1 Å². The fraction of sp³-hybridized carbons (Fsp3) is 0.333. The number of carbonyl (C=O) groups is 2. The van der Waals surface area contributed by atoms with Crippen LogP contribution in [-0.2, 0) is 16.1 Å². The van der Waals surface area contributed by atoms with E-state index in [0.29, 0.717) is 17.0 Å². The number of furan rings is 1. The number of amides is 2. The summed E-state index contributed by atoms with van der Waals surface area (Å²) in [6, 6.07) is 13.8. The maximum atomic E-state index is 13.9. The summed E-state index contributed by atoms with van der Waals surface area (Å²) < 4.78 is 5.57. The number of anilines is 1. The van der Waals surface area contributed by atoms with Crippen molar-refractivity contribution in [3.63, 3.8) is 0 Å². The number of rotatable bonds is 8. The first-order chi connectivity index (χ1) is 18.0. The minimum absolute atomic E-state index is 0.100. The van der Waals surface area contributed by atoms with E-state index < -0.39 is 6.04 Å². The second-order valence-electron chi connectivity index (χ2n) is 9.33. The van der Waals surface area contributed by atoms with Gasteiger partial charge >= 0.3 is 0 Å². The molecule has 3 heterocycles. The van der Waals surface area contributed by atoms with Crippen LogP contribution in [0.1, 0.15) is 48.6 Å². The van der Waals surface area contributed by atoms with Crippen LogP contribution < -0.4 is 10.2 Å². The first kappa shape index (κ1) is 24.4. The number of hydrogen-bond donors (Lipinski definition) is 1. The van der Waals surface area contributed by atoms with Crippen LogP contribution in [0.4, 0.5) is 5.69 Å². The summed E-state index contributed by atoms with van der Waals surface area (Å²) in [6.07, 6.45) is 7.29. The Morgan fingerprint density at radius 3 is 2.46 bits per heavy atom. The molecule has 0 radical (unpaired) electrons. The van der Waals surface area contributed by atoms with Crippen LogP contribution in [0, 0.1) is 13.8 Å². The first-order valence-corrected chi connectivity index (χ1v) is 12.4. The van der Waals surface area contributed by atoms with Crippen LogP contribution in [0.3, 0.4) is 0 Å². The van der Waals surface area contributed by atoms with E-state index in [1.54, 1.807) is 30.6 Å². The Hall–Kier alpha value is -4.34. The number of hydrogen-bond acceptors (Lipinski definition) is 7. The summed E-state index contributed by atoms with van der Waals surface area (Å²) in [4.78, 5) is 34.5. The van der Waals surface area contributed by atoms with Gasteiger partial charge in [0.15, 0.2) is 5.76 Å². The molecule has 1 aliphatic carbocycles. The molecule has 1 aliphatic rings. The molecule has 3 aromatic heterocycles. The number of benzene rings is 1. The van der Waals surface area contributed by atoms with Gasteiger partial charge in [0.1, 0.15) is 18.3 Å². The number of pyridine rings is 1. The summed E-state index contributed by atoms with van der Waals surface area (Å²) in [5.74, 6) is 0.892. The lowest BCUT2D eigenvalue weighted by atomic mass is 10.0. The number of aryl methyl sites for hydroxylation is 2. The van der Waals surface area contributed by atoms with Crippen molar-refractivity contribution in [3.05, 3.63) is 77.8 Å². The fourth-order valence-electron chi connectivity index (χ4n) is 4.62. The Balaban J connectivity index is 1.49. The second-order valence-corrected chi connectivity index (χ2v) is 9.33. The van der Waals surface area contributed by atoms with E-state index in [4.69, 9.17) is 4.42 Å². The van der Waals surface area contributed by atoms with Crippen molar-refractivity contribution in [2.45, 2.75) is 58.2 Å². The second kappa shape index (κ2) is 10.7. The average molecular weight is 500 g/mol. The van der Waals surface area contributed by atoms with Gasteiger partial charge in [0.05, 0.1) is 0 Å². The van der Waals surface area contributed by atoms with E-state index >= 15 is 0 Å². The fourth-order valence-corrected chi connectivity index (χ4v) is 4.62. The number of nitrogens with zero attached hydrogens (tertiary/aromatic N) is 6. The molecule has 1 aromatic carbocycles. The molecule has 0 aliphatic heterocycles. The van der Waals surface area contributed by atoms with Crippen molar-refractivity contribution >= 4 is 17.5 Å². The Bertz CT molecular complexity index is 1360. The topological polar surface area (TPSA) is 119 Å². The van der Waals surface area contributed by atoms with Gasteiger partial charge in [-0.25, -0.2) is 0 Å². The zero-order valence-electron chi connectivity index (χ0n) is 20.9. The third-order valence-electron chi connectivity index (χ3n) is 6.50. The van der Waals surface area contributed by atoms with Crippen molar-refractivity contribution in [1.82, 2.24) is 30.5 Å². The molecule has 0 unspecified atom stereocenters. The smallest absolute Gasteiger partial charge is 0.251 e. The molecule has 0 bridgehead atoms. The highest BCUT2D eigenvalue weighted by molar-refractivity contribution is 6.01. The van der Waals surface area contributed by atoms with Crippen LogP contribution in [-0.4, -0.2) is 43.0 Å². The number of nitrogens with one attached hydrogen (secondary N) is 1. The van der Waals surface area contributed by atoms with Crippen molar-refractivity contribution < 1.29 is 14.0 Å². The Labute approximate surface area is 214 Å². The van der Waals surface area contributed by atoms with Gasteiger partial charge in [-0.15, -0.1) is 10.2 Å². The van der Waals surface area contributed by atoms with E-state index in [-0.39, 0.29) is 30.2 Å². The van der Waals surface area contributed by atoms with E-state index in [0.717, 1.165) is 37.0 Å². The van der Waals surface area contributed by atoms with Crippen molar-refractivity contribution in [1.29, 1.82) is 0 Å². The highest BCUT2D eigenvalue weighted by Crippen LogP contribution is 2.30. The van der Waals surface area contributed by atoms with E-state index in [1.165, 1.54) is 9.70 Å². The van der Waals surface area contributed by atoms with Crippen molar-refractivity contribution in [2.24, 2.45) is 0 Å². The first-order valence-electron chi connectivity index (χ1n) is 12.4. The third-order valence-corrected chi connectivity index (χ3v) is 6.50. The highest BCUT2D eigenvalue weighted by Gasteiger charge is 2.34. The molecule has 2 amide bonds. The van der Waals surface area contributed by atoms with Gasteiger partial charge in [0.25, 0.3) is 5.91 Å². The van der Waals surface area contributed by atoms with Crippen LogP contribution in [0.2, 0.25) is 0 Å². The molecular formula is C27H29N7O3. The monoisotopic (exact) mass is 499 g/mol. The van der Waals surface area contributed by atoms with Crippen LogP contribution in [0.15, 0.2) is 65.3 Å². The molecule has 10 nitrogen and oxygen atoms in total. The van der Waals surface area contributed by atoms with Crippen molar-refractivity contribution in [2.75, 3.05) is 4.90 Å². The molecule has 1 atom stereocenters. The van der Waals surface area contributed by atoms with E-state index in [2.05, 4.69) is 25.7 Å². The molecule has 37 heavy (non-hydrogen) atoms. The summed E-state index contributed by atoms with van der Waals surface area (Å²) in [6.45, 7) is 3.59. The summed E-state index contributed by atoms with van der Waals surface area (Å²) in [5, 5.41) is 15.6. The third kappa shape index (κ3) is 5.58. The van der Waals surface area contributed by atoms with Crippen molar-refractivity contribution in [3.8, 4) is 11.6 Å². The van der Waals surface area contributed by atoms with Gasteiger partial charge in [-0.2, -0.15) is 4.80 Å². The van der Waals surface area contributed by atoms with Crippen LogP contribution in [0.5, 0.6) is 0 Å². The van der Waals surface area contributed by atoms with Gasteiger partial charge in [-0.05, 0) is 73.9 Å². The molecule has 0 spiro atoms. The summed E-state index contributed by atoms with van der Waals surface area (Å²) in [7, 11) is 0. The minimum atomic E-state index is -0.894. The zero-order chi connectivity index (χ0) is 25.8. The lowest BCUT2D eigenvalue weighted by Gasteiger charge is -2.32. The zero-order valence-corrected chi connectivity index (χ0v) is 20.9. The molecule has 1 fully saturated rings. The van der Waals surface area contributed by atoms with Gasteiger partial charge in [-0.3, -0.25) is 19.5 Å². The molecule has 5 rings (SSSR count). The molecule has 190 valence electrons. The van der Waals surface area contributed by atoms with E-state index in [9.17, 15) is 9.59 Å². The normalized spacial score (nSPS) is 14.4. The minimum Gasteiger partial charge on any atom is -0.458 e. The largest absolute Gasteiger partial charge is 0.458 e. The van der Waals surface area contributed by atoms with Gasteiger partial charge in [-0.1, -0.05) is 30.5 Å². The quantitative estimate of drug-likeness (QED) is 0.392. The average Bonchev–Trinajstić information content (AvgIpc) is 3.66. The van der Waals surface area contributed by atoms with Crippen LogP contribution >= 0.6 is 0 Å². The molecule has 4 aromatic rings. The Kier molecular flexibility index (Phi) is 7.07. The Morgan fingerprint density at radius 1 is 1.05 bits per heavy atom. The predicted molar refractivity (Wildman–Crippen MR) is 136 cm³/mol. The number of tetrazole rings is 1. The highest BCUT2D eigenvalue weighted by atomic mass is 16.3. The summed E-state index contributed by atoms with van der Waals surface area (Å²) >= 11 is 0. The standard InChI is InChI=1S/C27H29N7O3/c1-18-7-10-22(11-8-18)34(24(35)17-33-31-26(30-32-33)23-12-9-19(2)37-23)25(20-13-15-28-16-14-20)27(36)29-21-5-3-4-6-21/h7-16,21,25H,3-6,17H2,1-2H3,(H,29,36)/t25-/m0/s1. The number of aromatic nitrogens is 5. The van der Waals surface area contributed by atoms with Crippen LogP contribution in [0.25, 0.3) is 11.6 Å². The summed E-state index contributed by atoms with van der Waals surface area (Å²) in [5.41, 5.74) is 2.31. The lowest BCUT2D eigenvalue weighted by Crippen LogP contribution is -2.47. The lowest BCUT2D eigenvalue weighted by molar-refractivity contribution is -0.127. The van der Waals surface area contributed by atoms with E-state index in [1.807, 2.05) is 44.2 Å². The maximum Gasteiger partial charge on any atom is 0.251 e. The van der Waals surface area contributed by atoms with Gasteiger partial charge in [0.2, 0.25) is 11.7 Å². The predicted octanol–water partition coefficient (Wildman–Crippen LogP) is 3.78. The molecular weight excluding hydrogens is 470 g/mol. The van der Waals surface area contributed by atoms with Gasteiger partial charge < -0.3 is 9.73 Å². The SMILES string of the molecule is Cc1ccc(N(C(=O)Cn2nnc(-c3ccc(C)o3)n2)[C@H](C(=O)NC2CCCC2)c2ccncc2)cc1. The molecule has 10 heteroatoms. The molecule has 1 N–H and O–H groups in total. The number of carbonyl (C=O) groups excluding carboxylic acids is 2. The Morgan fingerprint density at radius 2 is 1.78 bits per heavy atom. The maximum absolute atomic E-state index is 13.9. The molecule has 0 saturated heterocycles.